The monoisotopic (exact) mass is 200 g/mol. The van der Waals surface area contributed by atoms with Crippen molar-refractivity contribution in [3.63, 3.8) is 0 Å². The Hall–Kier alpha value is -0.650. The first-order valence-corrected chi connectivity index (χ1v) is 5.06. The molecule has 0 radical (unpaired) electrons. The number of hydrazine groups is 1. The van der Waals surface area contributed by atoms with Gasteiger partial charge in [-0.3, -0.25) is 10.2 Å². The van der Waals surface area contributed by atoms with E-state index in [9.17, 15) is 4.79 Å². The predicted molar refractivity (Wildman–Crippen MR) is 55.4 cm³/mol. The minimum Gasteiger partial charge on any atom is -0.320 e. The molecule has 1 rings (SSSR count). The summed E-state index contributed by atoms with van der Waals surface area (Å²) in [4.78, 5) is 13.7. The standard InChI is InChI=1S/C9H20N4O/c1-11-12-9(14)8(10)7-4-3-5-13(2)6-7/h7-8,11H,3-6,10H2,1-2H3,(H,12,14). The Morgan fingerprint density at radius 2 is 2.36 bits per heavy atom. The maximum absolute atomic E-state index is 11.4. The van der Waals surface area contributed by atoms with Gasteiger partial charge in [-0.2, -0.15) is 0 Å². The molecule has 1 saturated heterocycles. The zero-order chi connectivity index (χ0) is 10.6. The largest absolute Gasteiger partial charge is 0.320 e. The van der Waals surface area contributed by atoms with Crippen LogP contribution in [0.3, 0.4) is 0 Å². The first-order chi connectivity index (χ1) is 6.65. The van der Waals surface area contributed by atoms with Crippen molar-refractivity contribution in [1.82, 2.24) is 15.8 Å². The summed E-state index contributed by atoms with van der Waals surface area (Å²) in [6, 6.07) is -0.398. The topological polar surface area (TPSA) is 70.4 Å². The van der Waals surface area contributed by atoms with E-state index in [1.54, 1.807) is 7.05 Å². The van der Waals surface area contributed by atoms with Gasteiger partial charge in [-0.25, -0.2) is 5.43 Å². The van der Waals surface area contributed by atoms with Crippen molar-refractivity contribution >= 4 is 5.91 Å². The van der Waals surface area contributed by atoms with Crippen LogP contribution in [-0.4, -0.2) is 44.0 Å². The third kappa shape index (κ3) is 2.94. The van der Waals surface area contributed by atoms with Gasteiger partial charge in [-0.1, -0.05) is 0 Å². The van der Waals surface area contributed by atoms with Crippen molar-refractivity contribution in [1.29, 1.82) is 0 Å². The zero-order valence-electron chi connectivity index (χ0n) is 8.92. The number of nitrogens with two attached hydrogens (primary N) is 1. The lowest BCUT2D eigenvalue weighted by Crippen LogP contribution is -2.52. The number of hydrogen-bond donors (Lipinski definition) is 3. The molecule has 1 aliphatic rings. The van der Waals surface area contributed by atoms with Crippen molar-refractivity contribution in [3.8, 4) is 0 Å². The summed E-state index contributed by atoms with van der Waals surface area (Å²) < 4.78 is 0. The van der Waals surface area contributed by atoms with Gasteiger partial charge in [0.1, 0.15) is 0 Å². The molecule has 1 amide bonds. The summed E-state index contributed by atoms with van der Waals surface area (Å²) in [5, 5.41) is 0. The number of likely N-dealkylation sites (tertiary alicyclic amines) is 1. The average molecular weight is 200 g/mol. The number of carbonyl (C=O) groups excluding carboxylic acids is 1. The number of nitrogens with one attached hydrogen (secondary N) is 2. The van der Waals surface area contributed by atoms with Crippen LogP contribution in [0.25, 0.3) is 0 Å². The SMILES string of the molecule is CNNC(=O)C(N)C1CCCN(C)C1. The van der Waals surface area contributed by atoms with Gasteiger partial charge in [0.05, 0.1) is 6.04 Å². The summed E-state index contributed by atoms with van der Waals surface area (Å²) in [5.74, 6) is 0.162. The van der Waals surface area contributed by atoms with Crippen LogP contribution in [0, 0.1) is 5.92 Å². The maximum Gasteiger partial charge on any atom is 0.251 e. The molecule has 0 bridgehead atoms. The first kappa shape index (κ1) is 11.4. The molecule has 0 aromatic carbocycles. The van der Waals surface area contributed by atoms with Gasteiger partial charge in [-0.05, 0) is 32.4 Å². The molecule has 1 aliphatic heterocycles. The molecule has 14 heavy (non-hydrogen) atoms. The number of rotatable bonds is 3. The second kappa shape index (κ2) is 5.29. The molecule has 0 aromatic rings. The normalized spacial score (nSPS) is 25.8. The van der Waals surface area contributed by atoms with Crippen LogP contribution in [0.2, 0.25) is 0 Å². The summed E-state index contributed by atoms with van der Waals surface area (Å²) in [5.41, 5.74) is 11.0. The Balaban J connectivity index is 2.42. The fourth-order valence-electron chi connectivity index (χ4n) is 1.92. The Labute approximate surface area is 85.0 Å². The van der Waals surface area contributed by atoms with Gasteiger partial charge < -0.3 is 10.6 Å². The molecule has 82 valence electrons. The molecule has 0 saturated carbocycles. The maximum atomic E-state index is 11.4. The summed E-state index contributed by atoms with van der Waals surface area (Å²) in [7, 11) is 3.73. The first-order valence-electron chi connectivity index (χ1n) is 5.06. The Morgan fingerprint density at radius 3 is 2.93 bits per heavy atom. The number of amides is 1. The molecule has 5 heteroatoms. The van der Waals surface area contributed by atoms with E-state index in [0.29, 0.717) is 0 Å². The molecule has 5 nitrogen and oxygen atoms in total. The molecule has 4 N–H and O–H groups in total. The van der Waals surface area contributed by atoms with Crippen LogP contribution in [0.1, 0.15) is 12.8 Å². The van der Waals surface area contributed by atoms with Gasteiger partial charge in [-0.15, -0.1) is 0 Å². The molecule has 1 heterocycles. The zero-order valence-corrected chi connectivity index (χ0v) is 8.92. The molecular weight excluding hydrogens is 180 g/mol. The van der Waals surface area contributed by atoms with Crippen LogP contribution < -0.4 is 16.6 Å². The van der Waals surface area contributed by atoms with Crippen molar-refractivity contribution in [2.75, 3.05) is 27.2 Å². The minimum atomic E-state index is -0.398. The smallest absolute Gasteiger partial charge is 0.251 e. The third-order valence-electron chi connectivity index (χ3n) is 2.72. The van der Waals surface area contributed by atoms with Crippen molar-refractivity contribution in [2.45, 2.75) is 18.9 Å². The number of carbonyl (C=O) groups is 1. The summed E-state index contributed by atoms with van der Waals surface area (Å²) in [6.45, 7) is 2.02. The van der Waals surface area contributed by atoms with Gasteiger partial charge in [0, 0.05) is 13.6 Å². The van der Waals surface area contributed by atoms with Gasteiger partial charge >= 0.3 is 0 Å². The van der Waals surface area contributed by atoms with Crippen LogP contribution >= 0.6 is 0 Å². The average Bonchev–Trinajstić information content (AvgIpc) is 2.17. The van der Waals surface area contributed by atoms with E-state index in [-0.39, 0.29) is 11.8 Å². The fraction of sp³-hybridized carbons (Fsp3) is 0.889. The van der Waals surface area contributed by atoms with Crippen LogP contribution in [0.4, 0.5) is 0 Å². The molecular formula is C9H20N4O. The van der Waals surface area contributed by atoms with E-state index in [1.165, 1.54) is 0 Å². The quantitative estimate of drug-likeness (QED) is 0.506. The second-order valence-corrected chi connectivity index (χ2v) is 3.93. The molecule has 0 aromatic heterocycles. The molecule has 0 aliphatic carbocycles. The van der Waals surface area contributed by atoms with Crippen molar-refractivity contribution in [3.05, 3.63) is 0 Å². The molecule has 2 unspecified atom stereocenters. The summed E-state index contributed by atoms with van der Waals surface area (Å²) >= 11 is 0. The van der Waals surface area contributed by atoms with E-state index >= 15 is 0 Å². The van der Waals surface area contributed by atoms with E-state index in [1.807, 2.05) is 0 Å². The Bertz CT molecular complexity index is 197. The van der Waals surface area contributed by atoms with Crippen LogP contribution in [-0.2, 0) is 4.79 Å². The highest BCUT2D eigenvalue weighted by atomic mass is 16.2. The highest BCUT2D eigenvalue weighted by molar-refractivity contribution is 5.81. The van der Waals surface area contributed by atoms with E-state index in [0.717, 1.165) is 25.9 Å². The lowest BCUT2D eigenvalue weighted by Gasteiger charge is -2.32. The Morgan fingerprint density at radius 1 is 1.64 bits per heavy atom. The predicted octanol–water partition coefficient (Wildman–Crippen LogP) is -1.09. The van der Waals surface area contributed by atoms with Gasteiger partial charge in [0.25, 0.3) is 5.91 Å². The van der Waals surface area contributed by atoms with Crippen LogP contribution in [0.5, 0.6) is 0 Å². The number of hydrogen-bond acceptors (Lipinski definition) is 4. The van der Waals surface area contributed by atoms with E-state index < -0.39 is 6.04 Å². The second-order valence-electron chi connectivity index (χ2n) is 3.93. The molecule has 0 spiro atoms. The lowest BCUT2D eigenvalue weighted by molar-refractivity contribution is -0.124. The summed E-state index contributed by atoms with van der Waals surface area (Å²) in [6.07, 6.45) is 2.17. The molecule has 1 fully saturated rings. The lowest BCUT2D eigenvalue weighted by atomic mass is 9.91. The minimum absolute atomic E-state index is 0.118. The highest BCUT2D eigenvalue weighted by Crippen LogP contribution is 2.17. The number of piperidine rings is 1. The number of nitrogens with zero attached hydrogens (tertiary/aromatic N) is 1. The van der Waals surface area contributed by atoms with Gasteiger partial charge in [0.15, 0.2) is 0 Å². The van der Waals surface area contributed by atoms with Gasteiger partial charge in [0.2, 0.25) is 0 Å². The Kier molecular flexibility index (Phi) is 4.31. The van der Waals surface area contributed by atoms with Crippen molar-refractivity contribution < 1.29 is 4.79 Å². The van der Waals surface area contributed by atoms with E-state index in [4.69, 9.17) is 5.73 Å². The fourth-order valence-corrected chi connectivity index (χ4v) is 1.92. The van der Waals surface area contributed by atoms with Crippen LogP contribution in [0.15, 0.2) is 0 Å². The third-order valence-corrected chi connectivity index (χ3v) is 2.72. The van der Waals surface area contributed by atoms with Crippen molar-refractivity contribution in [2.24, 2.45) is 11.7 Å². The molecule has 2 atom stereocenters. The van der Waals surface area contributed by atoms with E-state index in [2.05, 4.69) is 22.8 Å². The highest BCUT2D eigenvalue weighted by Gasteiger charge is 2.27.